The van der Waals surface area contributed by atoms with Crippen LogP contribution in [-0.4, -0.2) is 10.8 Å². The topological polar surface area (TPSA) is 30.0 Å². The highest BCUT2D eigenvalue weighted by Gasteiger charge is 2.06. The Balaban J connectivity index is 2.74. The van der Waals surface area contributed by atoms with Crippen LogP contribution < -0.4 is 0 Å². The third-order valence-corrected chi connectivity index (χ3v) is 1.70. The van der Waals surface area contributed by atoms with Crippen molar-refractivity contribution < 1.29 is 4.79 Å². The van der Waals surface area contributed by atoms with Crippen LogP contribution >= 0.6 is 0 Å². The largest absolute Gasteiger partial charge is 0.289 e. The van der Waals surface area contributed by atoms with E-state index in [1.807, 2.05) is 6.08 Å². The van der Waals surface area contributed by atoms with E-state index in [2.05, 4.69) is 25.8 Å². The normalized spacial score (nSPS) is 11.9. The molecule has 0 unspecified atom stereocenters. The minimum atomic E-state index is 0.0299. The smallest absolute Gasteiger partial charge is 0.185 e. The van der Waals surface area contributed by atoms with E-state index in [0.717, 1.165) is 0 Å². The Labute approximate surface area is 84.7 Å². The van der Waals surface area contributed by atoms with Crippen LogP contribution in [-0.2, 0) is 0 Å². The Bertz CT molecular complexity index is 333. The molecule has 1 rings (SSSR count). The van der Waals surface area contributed by atoms with Crippen molar-refractivity contribution >= 4 is 5.78 Å². The first kappa shape index (κ1) is 10.6. The first-order valence-corrected chi connectivity index (χ1v) is 4.63. The molecule has 0 radical (unpaired) electrons. The van der Waals surface area contributed by atoms with Gasteiger partial charge < -0.3 is 0 Å². The van der Waals surface area contributed by atoms with Gasteiger partial charge in [-0.15, -0.1) is 0 Å². The number of ketones is 1. The molecule has 74 valence electrons. The fourth-order valence-electron chi connectivity index (χ4n) is 0.938. The Morgan fingerprint density at radius 3 is 2.36 bits per heavy atom. The number of carbonyl (C=O) groups is 1. The summed E-state index contributed by atoms with van der Waals surface area (Å²) in [7, 11) is 0. The molecule has 0 aromatic carbocycles. The highest BCUT2D eigenvalue weighted by molar-refractivity contribution is 6.04. The number of hydrogen-bond acceptors (Lipinski definition) is 2. The quantitative estimate of drug-likeness (QED) is 0.529. The summed E-state index contributed by atoms with van der Waals surface area (Å²) in [4.78, 5) is 15.4. The molecule has 0 fully saturated rings. The molecule has 0 spiro atoms. The zero-order valence-electron chi connectivity index (χ0n) is 8.82. The summed E-state index contributed by atoms with van der Waals surface area (Å²) in [5, 5.41) is 0. The van der Waals surface area contributed by atoms with Gasteiger partial charge in [0.15, 0.2) is 5.78 Å². The molecule has 0 amide bonds. The van der Waals surface area contributed by atoms with Crippen molar-refractivity contribution in [3.63, 3.8) is 0 Å². The third kappa shape index (κ3) is 3.52. The van der Waals surface area contributed by atoms with Crippen molar-refractivity contribution in [3.8, 4) is 0 Å². The summed E-state index contributed by atoms with van der Waals surface area (Å²) in [6, 6.07) is 3.44. The maximum absolute atomic E-state index is 11.6. The highest BCUT2D eigenvalue weighted by Crippen LogP contribution is 2.15. The molecule has 0 saturated carbocycles. The van der Waals surface area contributed by atoms with E-state index in [-0.39, 0.29) is 11.2 Å². The molecule has 0 atom stereocenters. The van der Waals surface area contributed by atoms with Crippen LogP contribution in [0.25, 0.3) is 0 Å². The van der Waals surface area contributed by atoms with Crippen LogP contribution in [0.5, 0.6) is 0 Å². The zero-order chi connectivity index (χ0) is 10.6. The second-order valence-electron chi connectivity index (χ2n) is 4.30. The zero-order valence-corrected chi connectivity index (χ0v) is 8.82. The Morgan fingerprint density at radius 2 is 1.86 bits per heavy atom. The van der Waals surface area contributed by atoms with Crippen molar-refractivity contribution in [2.45, 2.75) is 20.8 Å². The summed E-state index contributed by atoms with van der Waals surface area (Å²) in [5.74, 6) is 0.0299. The van der Waals surface area contributed by atoms with Gasteiger partial charge >= 0.3 is 0 Å². The maximum Gasteiger partial charge on any atom is 0.185 e. The van der Waals surface area contributed by atoms with E-state index in [1.165, 1.54) is 0 Å². The molecule has 0 aliphatic rings. The number of rotatable bonds is 2. The van der Waals surface area contributed by atoms with Gasteiger partial charge in [0, 0.05) is 18.0 Å². The molecule has 1 heterocycles. The molecule has 2 heteroatoms. The van der Waals surface area contributed by atoms with E-state index < -0.39 is 0 Å². The molecule has 1 aromatic heterocycles. The molecule has 1 aromatic rings. The van der Waals surface area contributed by atoms with Crippen LogP contribution in [0.3, 0.4) is 0 Å². The molecule has 0 N–H and O–H groups in total. The van der Waals surface area contributed by atoms with Gasteiger partial charge in [-0.25, -0.2) is 0 Å². The van der Waals surface area contributed by atoms with E-state index in [4.69, 9.17) is 0 Å². The average Bonchev–Trinajstić information content (AvgIpc) is 2.14. The molecular weight excluding hydrogens is 174 g/mol. The summed E-state index contributed by atoms with van der Waals surface area (Å²) in [5.41, 5.74) is 0.725. The minimum Gasteiger partial charge on any atom is -0.289 e. The monoisotopic (exact) mass is 189 g/mol. The second-order valence-corrected chi connectivity index (χ2v) is 4.30. The number of allylic oxidation sites excluding steroid dienone is 2. The van der Waals surface area contributed by atoms with E-state index >= 15 is 0 Å². The van der Waals surface area contributed by atoms with E-state index in [9.17, 15) is 4.79 Å². The lowest BCUT2D eigenvalue weighted by Crippen LogP contribution is -2.01. The average molecular weight is 189 g/mol. The first-order chi connectivity index (χ1) is 6.49. The highest BCUT2D eigenvalue weighted by atomic mass is 16.1. The van der Waals surface area contributed by atoms with Crippen molar-refractivity contribution in [1.29, 1.82) is 0 Å². The molecule has 2 nitrogen and oxygen atoms in total. The fraction of sp³-hybridized carbons (Fsp3) is 0.333. The lowest BCUT2D eigenvalue weighted by Gasteiger charge is -2.10. The van der Waals surface area contributed by atoms with Crippen molar-refractivity contribution in [3.05, 3.63) is 42.2 Å². The van der Waals surface area contributed by atoms with Crippen molar-refractivity contribution in [1.82, 2.24) is 4.98 Å². The molecule has 14 heavy (non-hydrogen) atoms. The first-order valence-electron chi connectivity index (χ1n) is 4.63. The van der Waals surface area contributed by atoms with Gasteiger partial charge in [-0.3, -0.25) is 9.78 Å². The summed E-state index contributed by atoms with van der Waals surface area (Å²) in [6.45, 7) is 6.18. The van der Waals surface area contributed by atoms with Crippen LogP contribution in [0.1, 0.15) is 31.1 Å². The molecule has 0 saturated heterocycles. The predicted octanol–water partition coefficient (Wildman–Crippen LogP) is 2.87. The summed E-state index contributed by atoms with van der Waals surface area (Å²) >= 11 is 0. The SMILES string of the molecule is CC(C)(C)/C=C/C(=O)c1ccncc1. The molecular formula is C12H15NO. The van der Waals surface area contributed by atoms with Crippen LogP contribution in [0.2, 0.25) is 0 Å². The van der Waals surface area contributed by atoms with Gasteiger partial charge in [0.1, 0.15) is 0 Å². The van der Waals surface area contributed by atoms with Crippen LogP contribution in [0.15, 0.2) is 36.7 Å². The van der Waals surface area contributed by atoms with Gasteiger partial charge in [0.05, 0.1) is 0 Å². The molecule has 0 aliphatic heterocycles. The Hall–Kier alpha value is -1.44. The number of hydrogen-bond donors (Lipinski definition) is 0. The van der Waals surface area contributed by atoms with Gasteiger partial charge in [0.2, 0.25) is 0 Å². The third-order valence-electron chi connectivity index (χ3n) is 1.70. The summed E-state index contributed by atoms with van der Waals surface area (Å²) in [6.07, 6.45) is 6.78. The van der Waals surface area contributed by atoms with Gasteiger partial charge in [0.25, 0.3) is 0 Å². The predicted molar refractivity (Wildman–Crippen MR) is 57.2 cm³/mol. The Kier molecular flexibility index (Phi) is 3.18. The molecule has 0 aliphatic carbocycles. The lowest BCUT2D eigenvalue weighted by molar-refractivity contribution is 0.104. The lowest BCUT2D eigenvalue weighted by atomic mass is 9.95. The standard InChI is InChI=1S/C12H15NO/c1-12(2,3)7-4-11(14)10-5-8-13-9-6-10/h4-9H,1-3H3/b7-4+. The second kappa shape index (κ2) is 4.18. The number of nitrogens with zero attached hydrogens (tertiary/aromatic N) is 1. The van der Waals surface area contributed by atoms with E-state index in [1.54, 1.807) is 30.6 Å². The fourth-order valence-corrected chi connectivity index (χ4v) is 0.938. The molecule has 0 bridgehead atoms. The van der Waals surface area contributed by atoms with E-state index in [0.29, 0.717) is 5.56 Å². The van der Waals surface area contributed by atoms with Gasteiger partial charge in [-0.05, 0) is 23.6 Å². The number of carbonyl (C=O) groups excluding carboxylic acids is 1. The van der Waals surface area contributed by atoms with Gasteiger partial charge in [-0.2, -0.15) is 0 Å². The van der Waals surface area contributed by atoms with Crippen molar-refractivity contribution in [2.75, 3.05) is 0 Å². The Morgan fingerprint density at radius 1 is 1.29 bits per heavy atom. The van der Waals surface area contributed by atoms with Crippen molar-refractivity contribution in [2.24, 2.45) is 5.41 Å². The number of aromatic nitrogens is 1. The number of pyridine rings is 1. The van der Waals surface area contributed by atoms with Crippen LogP contribution in [0, 0.1) is 5.41 Å². The maximum atomic E-state index is 11.6. The minimum absolute atomic E-state index is 0.0299. The van der Waals surface area contributed by atoms with Crippen LogP contribution in [0.4, 0.5) is 0 Å². The van der Waals surface area contributed by atoms with Gasteiger partial charge in [-0.1, -0.05) is 26.8 Å². The summed E-state index contributed by atoms with van der Waals surface area (Å²) < 4.78 is 0.